The van der Waals surface area contributed by atoms with Crippen LogP contribution >= 0.6 is 0 Å². The van der Waals surface area contributed by atoms with Crippen molar-refractivity contribution in [2.75, 3.05) is 13.7 Å². The van der Waals surface area contributed by atoms with Gasteiger partial charge in [0.2, 0.25) is 0 Å². The lowest BCUT2D eigenvalue weighted by Crippen LogP contribution is -2.11. The zero-order valence-corrected chi connectivity index (χ0v) is 9.87. The first kappa shape index (κ1) is 14.3. The van der Waals surface area contributed by atoms with E-state index >= 15 is 0 Å². The number of aromatic nitrogens is 1. The van der Waals surface area contributed by atoms with Crippen LogP contribution in [0.2, 0.25) is 0 Å². The van der Waals surface area contributed by atoms with Crippen LogP contribution in [0.1, 0.15) is 24.7 Å². The molecule has 0 saturated heterocycles. The fourth-order valence-corrected chi connectivity index (χ4v) is 1.32. The monoisotopic (exact) mass is 263 g/mol. The van der Waals surface area contributed by atoms with Crippen LogP contribution in [0.3, 0.4) is 0 Å². The number of halogens is 3. The van der Waals surface area contributed by atoms with Gasteiger partial charge in [-0.15, -0.1) is 0 Å². The number of ether oxygens (including phenoxy) is 2. The minimum Gasteiger partial charge on any atom is -0.494 e. The van der Waals surface area contributed by atoms with Gasteiger partial charge in [-0.2, -0.15) is 0 Å². The maximum absolute atomic E-state index is 13.4. The predicted molar refractivity (Wildman–Crippen MR) is 56.0 cm³/mol. The van der Waals surface area contributed by atoms with Crippen LogP contribution in [0.25, 0.3) is 0 Å². The summed E-state index contributed by atoms with van der Waals surface area (Å²) in [5.41, 5.74) is -1.06. The molecule has 0 aromatic carbocycles. The SMILES string of the molecule is CCOC(=O)Cc1cc(OC)c(F)c(C(F)F)n1. The highest BCUT2D eigenvalue weighted by Gasteiger charge is 2.21. The van der Waals surface area contributed by atoms with Crippen LogP contribution in [-0.2, 0) is 16.0 Å². The highest BCUT2D eigenvalue weighted by atomic mass is 19.3. The van der Waals surface area contributed by atoms with Gasteiger partial charge in [0.05, 0.1) is 25.8 Å². The predicted octanol–water partition coefficient (Wildman–Crippen LogP) is 2.27. The van der Waals surface area contributed by atoms with Gasteiger partial charge in [-0.25, -0.2) is 18.2 Å². The molecule has 0 atom stereocenters. The van der Waals surface area contributed by atoms with Crippen LogP contribution in [0.15, 0.2) is 6.07 Å². The summed E-state index contributed by atoms with van der Waals surface area (Å²) in [7, 11) is 1.14. The zero-order chi connectivity index (χ0) is 13.7. The molecule has 7 heteroatoms. The van der Waals surface area contributed by atoms with E-state index in [1.165, 1.54) is 0 Å². The Morgan fingerprint density at radius 1 is 1.50 bits per heavy atom. The lowest BCUT2D eigenvalue weighted by molar-refractivity contribution is -0.142. The van der Waals surface area contributed by atoms with Gasteiger partial charge >= 0.3 is 5.97 Å². The molecular weight excluding hydrogens is 251 g/mol. The van der Waals surface area contributed by atoms with Gasteiger partial charge < -0.3 is 9.47 Å². The van der Waals surface area contributed by atoms with E-state index in [0.717, 1.165) is 13.2 Å². The fraction of sp³-hybridized carbons (Fsp3) is 0.455. The Balaban J connectivity index is 3.06. The van der Waals surface area contributed by atoms with Crippen LogP contribution in [0.4, 0.5) is 13.2 Å². The van der Waals surface area contributed by atoms with Gasteiger partial charge in [0.25, 0.3) is 6.43 Å². The van der Waals surface area contributed by atoms with E-state index in [1.807, 2.05) is 0 Å². The first-order valence-electron chi connectivity index (χ1n) is 5.16. The largest absolute Gasteiger partial charge is 0.494 e. The molecule has 0 bridgehead atoms. The summed E-state index contributed by atoms with van der Waals surface area (Å²) in [6.45, 7) is 1.78. The summed E-state index contributed by atoms with van der Waals surface area (Å²) in [6.07, 6.45) is -3.40. The molecule has 0 aliphatic heterocycles. The van der Waals surface area contributed by atoms with Crippen molar-refractivity contribution in [2.45, 2.75) is 19.8 Å². The Kier molecular flexibility index (Phi) is 4.94. The van der Waals surface area contributed by atoms with E-state index in [4.69, 9.17) is 0 Å². The van der Waals surface area contributed by atoms with Crippen molar-refractivity contribution >= 4 is 5.97 Å². The third kappa shape index (κ3) is 3.35. The van der Waals surface area contributed by atoms with E-state index < -0.39 is 23.9 Å². The molecule has 100 valence electrons. The van der Waals surface area contributed by atoms with E-state index in [1.54, 1.807) is 6.92 Å². The maximum atomic E-state index is 13.4. The van der Waals surface area contributed by atoms with Crippen LogP contribution in [0.5, 0.6) is 5.75 Å². The minimum absolute atomic E-state index is 0.0259. The lowest BCUT2D eigenvalue weighted by atomic mass is 10.2. The number of pyridine rings is 1. The minimum atomic E-state index is -3.08. The number of carbonyl (C=O) groups excluding carboxylic acids is 1. The Morgan fingerprint density at radius 2 is 2.17 bits per heavy atom. The Hall–Kier alpha value is -1.79. The highest BCUT2D eigenvalue weighted by Crippen LogP contribution is 2.27. The van der Waals surface area contributed by atoms with Crippen molar-refractivity contribution in [1.82, 2.24) is 4.98 Å². The van der Waals surface area contributed by atoms with Crippen molar-refractivity contribution in [3.05, 3.63) is 23.3 Å². The number of alkyl halides is 2. The molecule has 0 unspecified atom stereocenters. The number of nitrogens with zero attached hydrogens (tertiary/aromatic N) is 1. The molecule has 18 heavy (non-hydrogen) atoms. The normalized spacial score (nSPS) is 10.6. The Labute approximate surface area is 102 Å². The van der Waals surface area contributed by atoms with Crippen molar-refractivity contribution in [3.8, 4) is 5.75 Å². The van der Waals surface area contributed by atoms with Gasteiger partial charge in [0, 0.05) is 6.07 Å². The van der Waals surface area contributed by atoms with E-state index in [0.29, 0.717) is 0 Å². The smallest absolute Gasteiger partial charge is 0.311 e. The molecule has 1 heterocycles. The molecular formula is C11H12F3NO3. The number of carbonyl (C=O) groups is 1. The number of methoxy groups -OCH3 is 1. The van der Waals surface area contributed by atoms with E-state index in [9.17, 15) is 18.0 Å². The van der Waals surface area contributed by atoms with Gasteiger partial charge in [-0.1, -0.05) is 0 Å². The second-order valence-corrected chi connectivity index (χ2v) is 3.30. The molecule has 0 radical (unpaired) electrons. The molecule has 4 nitrogen and oxygen atoms in total. The number of rotatable bonds is 5. The van der Waals surface area contributed by atoms with Crippen molar-refractivity contribution < 1.29 is 27.4 Å². The van der Waals surface area contributed by atoms with Crippen molar-refractivity contribution in [2.24, 2.45) is 0 Å². The molecule has 0 N–H and O–H groups in total. The average molecular weight is 263 g/mol. The Bertz CT molecular complexity index is 438. The molecule has 0 aliphatic carbocycles. The van der Waals surface area contributed by atoms with Gasteiger partial charge in [-0.05, 0) is 6.92 Å². The maximum Gasteiger partial charge on any atom is 0.311 e. The Morgan fingerprint density at radius 3 is 2.67 bits per heavy atom. The molecule has 0 amide bonds. The summed E-state index contributed by atoms with van der Waals surface area (Å²) < 4.78 is 47.7. The van der Waals surface area contributed by atoms with Gasteiger partial charge in [-0.3, -0.25) is 4.79 Å². The molecule has 1 aromatic heterocycles. The fourth-order valence-electron chi connectivity index (χ4n) is 1.32. The van der Waals surface area contributed by atoms with Crippen LogP contribution < -0.4 is 4.74 Å². The first-order chi connectivity index (χ1) is 8.49. The van der Waals surface area contributed by atoms with Crippen molar-refractivity contribution in [3.63, 3.8) is 0 Å². The molecule has 1 aromatic rings. The zero-order valence-electron chi connectivity index (χ0n) is 9.87. The average Bonchev–Trinajstić information content (AvgIpc) is 2.31. The number of esters is 1. The van der Waals surface area contributed by atoms with Gasteiger partial charge in [0.1, 0.15) is 5.69 Å². The molecule has 0 fully saturated rings. The quantitative estimate of drug-likeness (QED) is 0.765. The van der Waals surface area contributed by atoms with Crippen molar-refractivity contribution in [1.29, 1.82) is 0 Å². The topological polar surface area (TPSA) is 48.4 Å². The summed E-state index contributed by atoms with van der Waals surface area (Å²) in [5, 5.41) is 0. The molecule has 1 rings (SSSR count). The third-order valence-electron chi connectivity index (χ3n) is 2.06. The van der Waals surface area contributed by atoms with E-state index in [2.05, 4.69) is 14.5 Å². The summed E-state index contributed by atoms with van der Waals surface area (Å²) >= 11 is 0. The summed E-state index contributed by atoms with van der Waals surface area (Å²) in [4.78, 5) is 14.6. The second kappa shape index (κ2) is 6.23. The summed E-state index contributed by atoms with van der Waals surface area (Å²) in [5.74, 6) is -2.22. The first-order valence-corrected chi connectivity index (χ1v) is 5.16. The molecule has 0 aliphatic rings. The number of hydrogen-bond donors (Lipinski definition) is 0. The standard InChI is InChI=1S/C11H12F3NO3/c1-3-18-8(16)5-6-4-7(17-2)9(12)10(15-6)11(13)14/h4,11H,3,5H2,1-2H3. The van der Waals surface area contributed by atoms with E-state index in [-0.39, 0.29) is 24.5 Å². The number of hydrogen-bond acceptors (Lipinski definition) is 4. The molecule has 0 spiro atoms. The third-order valence-corrected chi connectivity index (χ3v) is 2.06. The lowest BCUT2D eigenvalue weighted by Gasteiger charge is -2.09. The molecule has 0 saturated carbocycles. The van der Waals surface area contributed by atoms with Crippen LogP contribution in [0, 0.1) is 5.82 Å². The highest BCUT2D eigenvalue weighted by molar-refractivity contribution is 5.72. The summed E-state index contributed by atoms with van der Waals surface area (Å²) in [6, 6.07) is 1.10. The second-order valence-electron chi connectivity index (χ2n) is 3.30. The van der Waals surface area contributed by atoms with Crippen LogP contribution in [-0.4, -0.2) is 24.7 Å². The van der Waals surface area contributed by atoms with Gasteiger partial charge in [0.15, 0.2) is 11.6 Å².